The standard InChI is InChI=1S/C18H17N3O2/c1-12(22)20-17-8-7-13(11-19-17)9-15-10-14-5-3-4-6-16(14)21-18(15)23-2/h3-8,10-11H,9H2,1-2H3,(H,19,20,22). The number of hydrogen-bond donors (Lipinski definition) is 1. The van der Waals surface area contributed by atoms with Gasteiger partial charge in [-0.1, -0.05) is 24.3 Å². The highest BCUT2D eigenvalue weighted by Crippen LogP contribution is 2.24. The molecule has 2 aromatic heterocycles. The molecule has 2 heterocycles. The second-order valence-corrected chi connectivity index (χ2v) is 5.26. The van der Waals surface area contributed by atoms with Crippen LogP contribution in [0, 0.1) is 0 Å². The van der Waals surface area contributed by atoms with Crippen molar-refractivity contribution in [2.75, 3.05) is 12.4 Å². The predicted molar refractivity (Wildman–Crippen MR) is 89.6 cm³/mol. The van der Waals surface area contributed by atoms with Crippen LogP contribution in [0.5, 0.6) is 5.88 Å². The Bertz CT molecular complexity index is 845. The molecule has 1 aromatic carbocycles. The number of hydrogen-bond acceptors (Lipinski definition) is 4. The molecule has 0 radical (unpaired) electrons. The summed E-state index contributed by atoms with van der Waals surface area (Å²) in [6, 6.07) is 13.8. The van der Waals surface area contributed by atoms with Crippen molar-refractivity contribution in [3.63, 3.8) is 0 Å². The van der Waals surface area contributed by atoms with Crippen molar-refractivity contribution in [1.82, 2.24) is 9.97 Å². The summed E-state index contributed by atoms with van der Waals surface area (Å²) in [4.78, 5) is 19.8. The van der Waals surface area contributed by atoms with E-state index in [-0.39, 0.29) is 5.91 Å². The zero-order chi connectivity index (χ0) is 16.2. The summed E-state index contributed by atoms with van der Waals surface area (Å²) < 4.78 is 5.41. The van der Waals surface area contributed by atoms with Crippen LogP contribution in [0.25, 0.3) is 10.9 Å². The first-order chi connectivity index (χ1) is 11.2. The van der Waals surface area contributed by atoms with E-state index >= 15 is 0 Å². The van der Waals surface area contributed by atoms with Gasteiger partial charge in [-0.3, -0.25) is 4.79 Å². The average molecular weight is 307 g/mol. The van der Waals surface area contributed by atoms with Gasteiger partial charge in [0.25, 0.3) is 0 Å². The second-order valence-electron chi connectivity index (χ2n) is 5.26. The Hall–Kier alpha value is -2.95. The van der Waals surface area contributed by atoms with E-state index in [0.717, 1.165) is 22.0 Å². The summed E-state index contributed by atoms with van der Waals surface area (Å²) in [6.45, 7) is 1.46. The van der Waals surface area contributed by atoms with Gasteiger partial charge >= 0.3 is 0 Å². The molecule has 5 nitrogen and oxygen atoms in total. The van der Waals surface area contributed by atoms with Gasteiger partial charge in [-0.25, -0.2) is 9.97 Å². The summed E-state index contributed by atoms with van der Waals surface area (Å²) in [7, 11) is 1.62. The van der Waals surface area contributed by atoms with E-state index in [1.165, 1.54) is 6.92 Å². The van der Waals surface area contributed by atoms with Crippen molar-refractivity contribution in [2.45, 2.75) is 13.3 Å². The molecule has 0 bridgehead atoms. The highest BCUT2D eigenvalue weighted by molar-refractivity contribution is 5.87. The number of methoxy groups -OCH3 is 1. The number of rotatable bonds is 4. The molecule has 1 N–H and O–H groups in total. The molecule has 0 unspecified atom stereocenters. The number of aromatic nitrogens is 2. The number of pyridine rings is 2. The van der Waals surface area contributed by atoms with Crippen LogP contribution in [-0.4, -0.2) is 23.0 Å². The largest absolute Gasteiger partial charge is 0.481 e. The number of benzene rings is 1. The van der Waals surface area contributed by atoms with Crippen LogP contribution < -0.4 is 10.1 Å². The lowest BCUT2D eigenvalue weighted by Gasteiger charge is -2.10. The lowest BCUT2D eigenvalue weighted by atomic mass is 10.1. The van der Waals surface area contributed by atoms with E-state index in [2.05, 4.69) is 21.4 Å². The number of fused-ring (bicyclic) bond motifs is 1. The zero-order valence-corrected chi connectivity index (χ0v) is 13.0. The van der Waals surface area contributed by atoms with Crippen LogP contribution in [0.1, 0.15) is 18.1 Å². The van der Waals surface area contributed by atoms with E-state index in [1.807, 2.05) is 30.3 Å². The Morgan fingerprint density at radius 2 is 2.04 bits per heavy atom. The van der Waals surface area contributed by atoms with Crippen LogP contribution in [0.15, 0.2) is 48.7 Å². The third-order valence-electron chi connectivity index (χ3n) is 3.48. The molecular formula is C18H17N3O2. The molecule has 0 spiro atoms. The Labute approximate surface area is 134 Å². The van der Waals surface area contributed by atoms with Crippen LogP contribution in [-0.2, 0) is 11.2 Å². The first-order valence-corrected chi connectivity index (χ1v) is 7.31. The van der Waals surface area contributed by atoms with Crippen molar-refractivity contribution >= 4 is 22.6 Å². The molecular weight excluding hydrogens is 290 g/mol. The zero-order valence-electron chi connectivity index (χ0n) is 13.0. The normalized spacial score (nSPS) is 10.5. The molecule has 0 fully saturated rings. The average Bonchev–Trinajstić information content (AvgIpc) is 2.55. The SMILES string of the molecule is COc1nc2ccccc2cc1Cc1ccc(NC(C)=O)nc1. The number of nitrogens with zero attached hydrogens (tertiary/aromatic N) is 2. The maximum atomic E-state index is 11.0. The third kappa shape index (κ3) is 3.45. The van der Waals surface area contributed by atoms with Gasteiger partial charge in [0.2, 0.25) is 11.8 Å². The summed E-state index contributed by atoms with van der Waals surface area (Å²) in [5.41, 5.74) is 2.93. The third-order valence-corrected chi connectivity index (χ3v) is 3.48. The highest BCUT2D eigenvalue weighted by atomic mass is 16.5. The Morgan fingerprint density at radius 3 is 2.74 bits per heavy atom. The van der Waals surface area contributed by atoms with Crippen LogP contribution in [0.2, 0.25) is 0 Å². The van der Waals surface area contributed by atoms with Gasteiger partial charge in [-0.05, 0) is 23.8 Å². The lowest BCUT2D eigenvalue weighted by molar-refractivity contribution is -0.114. The number of para-hydroxylation sites is 1. The highest BCUT2D eigenvalue weighted by Gasteiger charge is 2.09. The van der Waals surface area contributed by atoms with E-state index in [0.29, 0.717) is 18.1 Å². The van der Waals surface area contributed by atoms with Crippen molar-refractivity contribution < 1.29 is 9.53 Å². The number of carbonyl (C=O) groups excluding carboxylic acids is 1. The molecule has 3 rings (SSSR count). The Balaban J connectivity index is 1.89. The fourth-order valence-corrected chi connectivity index (χ4v) is 2.45. The summed E-state index contributed by atoms with van der Waals surface area (Å²) in [5, 5.41) is 3.73. The van der Waals surface area contributed by atoms with Gasteiger partial charge in [0.1, 0.15) is 5.82 Å². The molecule has 5 heteroatoms. The summed E-state index contributed by atoms with van der Waals surface area (Å²) >= 11 is 0. The first kappa shape index (κ1) is 15.0. The molecule has 3 aromatic rings. The number of nitrogens with one attached hydrogen (secondary N) is 1. The van der Waals surface area contributed by atoms with Gasteiger partial charge in [-0.15, -0.1) is 0 Å². The van der Waals surface area contributed by atoms with Gasteiger partial charge in [0.15, 0.2) is 0 Å². The van der Waals surface area contributed by atoms with Crippen LogP contribution in [0.4, 0.5) is 5.82 Å². The molecule has 0 aliphatic rings. The minimum absolute atomic E-state index is 0.134. The topological polar surface area (TPSA) is 64.1 Å². The fourth-order valence-electron chi connectivity index (χ4n) is 2.45. The molecule has 0 aliphatic carbocycles. The van der Waals surface area contributed by atoms with E-state index in [4.69, 9.17) is 4.74 Å². The molecule has 1 amide bonds. The lowest BCUT2D eigenvalue weighted by Crippen LogP contribution is -2.07. The summed E-state index contributed by atoms with van der Waals surface area (Å²) in [6.07, 6.45) is 2.41. The van der Waals surface area contributed by atoms with Gasteiger partial charge < -0.3 is 10.1 Å². The van der Waals surface area contributed by atoms with Crippen LogP contribution >= 0.6 is 0 Å². The first-order valence-electron chi connectivity index (χ1n) is 7.31. The van der Waals surface area contributed by atoms with E-state index in [1.54, 1.807) is 19.4 Å². The summed E-state index contributed by atoms with van der Waals surface area (Å²) in [5.74, 6) is 1.03. The number of carbonyl (C=O) groups is 1. The van der Waals surface area contributed by atoms with Crippen molar-refractivity contribution in [2.24, 2.45) is 0 Å². The maximum absolute atomic E-state index is 11.0. The molecule has 0 saturated heterocycles. The molecule has 0 atom stereocenters. The smallest absolute Gasteiger partial charge is 0.222 e. The van der Waals surface area contributed by atoms with Gasteiger partial charge in [-0.2, -0.15) is 0 Å². The molecule has 0 saturated carbocycles. The van der Waals surface area contributed by atoms with Crippen molar-refractivity contribution in [3.8, 4) is 5.88 Å². The predicted octanol–water partition coefficient (Wildman–Crippen LogP) is 3.19. The van der Waals surface area contributed by atoms with Gasteiger partial charge in [0, 0.05) is 30.5 Å². The number of anilines is 1. The molecule has 0 aliphatic heterocycles. The van der Waals surface area contributed by atoms with Crippen molar-refractivity contribution in [3.05, 3.63) is 59.8 Å². The minimum atomic E-state index is -0.134. The minimum Gasteiger partial charge on any atom is -0.481 e. The Morgan fingerprint density at radius 1 is 1.22 bits per heavy atom. The van der Waals surface area contributed by atoms with Gasteiger partial charge in [0.05, 0.1) is 12.6 Å². The van der Waals surface area contributed by atoms with E-state index in [9.17, 15) is 4.79 Å². The fraction of sp³-hybridized carbons (Fsp3) is 0.167. The maximum Gasteiger partial charge on any atom is 0.222 e. The van der Waals surface area contributed by atoms with E-state index < -0.39 is 0 Å². The van der Waals surface area contributed by atoms with Crippen molar-refractivity contribution in [1.29, 1.82) is 0 Å². The Kier molecular flexibility index (Phi) is 4.19. The molecule has 116 valence electrons. The molecule has 23 heavy (non-hydrogen) atoms. The second kappa shape index (κ2) is 6.44. The number of ether oxygens (including phenoxy) is 1. The van der Waals surface area contributed by atoms with Crippen LogP contribution in [0.3, 0.4) is 0 Å². The quantitative estimate of drug-likeness (QED) is 0.804. The number of amides is 1. The monoisotopic (exact) mass is 307 g/mol.